The van der Waals surface area contributed by atoms with Crippen LogP contribution in [0.1, 0.15) is 15.9 Å². The van der Waals surface area contributed by atoms with Gasteiger partial charge in [0.25, 0.3) is 5.91 Å². The molecule has 0 saturated carbocycles. The minimum atomic E-state index is -0.273. The van der Waals surface area contributed by atoms with Crippen LogP contribution in [0.15, 0.2) is 78.9 Å². The molecule has 0 radical (unpaired) electrons. The van der Waals surface area contributed by atoms with E-state index in [0.29, 0.717) is 42.9 Å². The first kappa shape index (κ1) is 20.7. The number of carbonyl (C=O) groups is 1. The van der Waals surface area contributed by atoms with Crippen molar-refractivity contribution in [2.75, 3.05) is 31.1 Å². The van der Waals surface area contributed by atoms with Crippen molar-refractivity contribution in [2.24, 2.45) is 0 Å². The molecule has 1 aromatic heterocycles. The van der Waals surface area contributed by atoms with E-state index in [2.05, 4.69) is 11.0 Å². The second kappa shape index (κ2) is 8.71. The highest BCUT2D eigenvalue weighted by molar-refractivity contribution is 5.95. The molecule has 3 aromatic carbocycles. The van der Waals surface area contributed by atoms with Crippen LogP contribution in [0.25, 0.3) is 22.0 Å². The van der Waals surface area contributed by atoms with E-state index in [-0.39, 0.29) is 11.7 Å². The van der Waals surface area contributed by atoms with E-state index < -0.39 is 0 Å². The minimum Gasteiger partial charge on any atom is -0.353 e. The monoisotopic (exact) mass is 436 g/mol. The molecule has 0 bridgehead atoms. The maximum atomic E-state index is 14.5. The second-order valence-corrected chi connectivity index (χ2v) is 8.00. The molecule has 1 saturated heterocycles. The van der Waals surface area contributed by atoms with Crippen LogP contribution in [0.2, 0.25) is 0 Å². The summed E-state index contributed by atoms with van der Waals surface area (Å²) in [4.78, 5) is 21.7. The average Bonchev–Trinajstić information content (AvgIpc) is 2.88. The van der Waals surface area contributed by atoms with Crippen molar-refractivity contribution in [3.8, 4) is 17.2 Å². The molecule has 5 rings (SSSR count). The summed E-state index contributed by atoms with van der Waals surface area (Å²) in [7, 11) is 0. The predicted octanol–water partition coefficient (Wildman–Crippen LogP) is 4.87. The first-order valence-corrected chi connectivity index (χ1v) is 10.8. The summed E-state index contributed by atoms with van der Waals surface area (Å²) in [5.74, 6) is 0.467. The second-order valence-electron chi connectivity index (χ2n) is 8.00. The molecule has 0 spiro atoms. The summed E-state index contributed by atoms with van der Waals surface area (Å²) in [6.07, 6.45) is 0. The van der Waals surface area contributed by atoms with Crippen LogP contribution >= 0.6 is 0 Å². The Morgan fingerprint density at radius 1 is 0.879 bits per heavy atom. The third-order valence-electron chi connectivity index (χ3n) is 6.00. The Labute approximate surface area is 191 Å². The van der Waals surface area contributed by atoms with Gasteiger partial charge in [0.05, 0.1) is 17.1 Å². The maximum absolute atomic E-state index is 14.5. The molecule has 2 heterocycles. The summed E-state index contributed by atoms with van der Waals surface area (Å²) in [6.45, 7) is 2.41. The van der Waals surface area contributed by atoms with Gasteiger partial charge in [0.15, 0.2) is 0 Å². The minimum absolute atomic E-state index is 0.0694. The van der Waals surface area contributed by atoms with Gasteiger partial charge in [-0.05, 0) is 36.4 Å². The Morgan fingerprint density at radius 2 is 1.64 bits per heavy atom. The summed E-state index contributed by atoms with van der Waals surface area (Å²) in [6, 6.07) is 25.4. The van der Waals surface area contributed by atoms with Gasteiger partial charge in [0.2, 0.25) is 0 Å². The number of piperazine rings is 1. The lowest BCUT2D eigenvalue weighted by Crippen LogP contribution is -2.49. The normalized spacial score (nSPS) is 13.7. The molecule has 1 fully saturated rings. The van der Waals surface area contributed by atoms with Crippen LogP contribution in [-0.4, -0.2) is 42.0 Å². The molecular weight excluding hydrogens is 415 g/mol. The van der Waals surface area contributed by atoms with Gasteiger partial charge in [0.1, 0.15) is 11.6 Å². The van der Waals surface area contributed by atoms with Crippen LogP contribution in [0.4, 0.5) is 10.2 Å². The van der Waals surface area contributed by atoms with Crippen LogP contribution in [0.5, 0.6) is 0 Å². The van der Waals surface area contributed by atoms with Crippen LogP contribution in [-0.2, 0) is 0 Å². The molecule has 4 aromatic rings. The number of hydrogen-bond donors (Lipinski definition) is 0. The number of hydrogen-bond acceptors (Lipinski definition) is 4. The van der Waals surface area contributed by atoms with Gasteiger partial charge < -0.3 is 9.80 Å². The zero-order valence-corrected chi connectivity index (χ0v) is 17.9. The van der Waals surface area contributed by atoms with E-state index in [1.54, 1.807) is 41.3 Å². The largest absolute Gasteiger partial charge is 0.353 e. The Bertz CT molecular complexity index is 1390. The molecule has 1 aliphatic rings. The summed E-state index contributed by atoms with van der Waals surface area (Å²) in [5.41, 5.74) is 3.06. The number of halogens is 1. The number of benzene rings is 3. The zero-order chi connectivity index (χ0) is 22.8. The van der Waals surface area contributed by atoms with Gasteiger partial charge in [-0.15, -0.1) is 0 Å². The van der Waals surface area contributed by atoms with E-state index >= 15 is 0 Å². The van der Waals surface area contributed by atoms with Gasteiger partial charge >= 0.3 is 0 Å². The Hall–Kier alpha value is -4.24. The Morgan fingerprint density at radius 3 is 2.42 bits per heavy atom. The lowest BCUT2D eigenvalue weighted by molar-refractivity contribution is 0.0746. The number of carbonyl (C=O) groups excluding carboxylic acids is 1. The number of pyridine rings is 1. The van der Waals surface area contributed by atoms with E-state index in [1.165, 1.54) is 6.07 Å². The quantitative estimate of drug-likeness (QED) is 0.460. The summed E-state index contributed by atoms with van der Waals surface area (Å²) in [5, 5.41) is 10.0. The summed E-state index contributed by atoms with van der Waals surface area (Å²) >= 11 is 0. The number of anilines is 1. The molecule has 0 aliphatic carbocycles. The van der Waals surface area contributed by atoms with Crippen molar-refractivity contribution in [1.29, 1.82) is 5.26 Å². The molecule has 1 aliphatic heterocycles. The SMILES string of the molecule is N#Cc1cccc(C(=O)N2CCN(c3ccc4cccc(-c5ccccc5F)c4n3)CC2)c1. The highest BCUT2D eigenvalue weighted by atomic mass is 19.1. The van der Waals surface area contributed by atoms with Crippen LogP contribution in [0.3, 0.4) is 0 Å². The fourth-order valence-corrected chi connectivity index (χ4v) is 4.25. The smallest absolute Gasteiger partial charge is 0.254 e. The van der Waals surface area contributed by atoms with Gasteiger partial charge in [-0.3, -0.25) is 4.79 Å². The molecule has 1 amide bonds. The van der Waals surface area contributed by atoms with E-state index in [1.807, 2.05) is 36.4 Å². The molecule has 0 unspecified atom stereocenters. The van der Waals surface area contributed by atoms with Crippen molar-refractivity contribution in [3.63, 3.8) is 0 Å². The maximum Gasteiger partial charge on any atom is 0.254 e. The van der Waals surface area contributed by atoms with E-state index in [9.17, 15) is 9.18 Å². The lowest BCUT2D eigenvalue weighted by atomic mass is 10.0. The van der Waals surface area contributed by atoms with E-state index in [0.717, 1.165) is 22.3 Å². The number of fused-ring (bicyclic) bond motifs is 1. The van der Waals surface area contributed by atoms with Crippen molar-refractivity contribution >= 4 is 22.6 Å². The standard InChI is InChI=1S/C27H21FN4O/c28-24-10-2-1-8-22(24)23-9-4-6-20-11-12-25(30-26(20)23)31-13-15-32(16-14-31)27(33)21-7-3-5-19(17-21)18-29/h1-12,17H,13-16H2. The highest BCUT2D eigenvalue weighted by Crippen LogP contribution is 2.31. The lowest BCUT2D eigenvalue weighted by Gasteiger charge is -2.35. The molecule has 5 nitrogen and oxygen atoms in total. The van der Waals surface area contributed by atoms with Gasteiger partial charge in [-0.2, -0.15) is 5.26 Å². The predicted molar refractivity (Wildman–Crippen MR) is 126 cm³/mol. The summed E-state index contributed by atoms with van der Waals surface area (Å²) < 4.78 is 14.5. The zero-order valence-electron chi connectivity index (χ0n) is 17.9. The number of rotatable bonds is 3. The molecule has 6 heteroatoms. The molecule has 162 valence electrons. The first-order chi connectivity index (χ1) is 16.1. The van der Waals surface area contributed by atoms with Crippen molar-refractivity contribution in [1.82, 2.24) is 9.88 Å². The molecule has 33 heavy (non-hydrogen) atoms. The number of nitriles is 1. The van der Waals surface area contributed by atoms with Gasteiger partial charge in [-0.1, -0.05) is 42.5 Å². The third kappa shape index (κ3) is 4.01. The van der Waals surface area contributed by atoms with Crippen molar-refractivity contribution in [2.45, 2.75) is 0 Å². The number of amides is 1. The van der Waals surface area contributed by atoms with Crippen LogP contribution < -0.4 is 4.90 Å². The van der Waals surface area contributed by atoms with Crippen molar-refractivity contribution < 1.29 is 9.18 Å². The number of para-hydroxylation sites is 1. The van der Waals surface area contributed by atoms with Gasteiger partial charge in [0, 0.05) is 48.3 Å². The van der Waals surface area contributed by atoms with E-state index in [4.69, 9.17) is 10.2 Å². The molecule has 0 atom stereocenters. The Kier molecular flexibility index (Phi) is 5.45. The van der Waals surface area contributed by atoms with Crippen LogP contribution in [0, 0.1) is 17.1 Å². The fraction of sp³-hybridized carbons (Fsp3) is 0.148. The topological polar surface area (TPSA) is 60.2 Å². The Balaban J connectivity index is 1.38. The first-order valence-electron chi connectivity index (χ1n) is 10.8. The molecular formula is C27H21FN4O. The fourth-order valence-electron chi connectivity index (χ4n) is 4.25. The number of aromatic nitrogens is 1. The number of nitrogens with zero attached hydrogens (tertiary/aromatic N) is 4. The highest BCUT2D eigenvalue weighted by Gasteiger charge is 2.23. The third-order valence-corrected chi connectivity index (χ3v) is 6.00. The van der Waals surface area contributed by atoms with Crippen molar-refractivity contribution in [3.05, 3.63) is 95.8 Å². The average molecular weight is 436 g/mol. The van der Waals surface area contributed by atoms with Gasteiger partial charge in [-0.25, -0.2) is 9.37 Å². The molecule has 0 N–H and O–H groups in total.